The number of benzene rings is 1. The monoisotopic (exact) mass is 293 g/mol. The molecule has 1 unspecified atom stereocenters. The molecule has 20 heavy (non-hydrogen) atoms. The normalized spacial score (nSPS) is 23.2. The molecule has 1 aromatic rings. The number of nitrogens with zero attached hydrogens (tertiary/aromatic N) is 1. The van der Waals surface area contributed by atoms with Crippen LogP contribution in [0, 0.1) is 0 Å². The molecule has 0 amide bonds. The van der Waals surface area contributed by atoms with Crippen LogP contribution in [0.25, 0.3) is 0 Å². The molecule has 1 aromatic carbocycles. The van der Waals surface area contributed by atoms with Crippen molar-refractivity contribution in [2.24, 2.45) is 10.1 Å². The van der Waals surface area contributed by atoms with Crippen molar-refractivity contribution in [3.8, 4) is 0 Å². The molecule has 106 valence electrons. The Morgan fingerprint density at radius 2 is 1.95 bits per heavy atom. The van der Waals surface area contributed by atoms with Crippen molar-refractivity contribution in [1.82, 2.24) is 15.4 Å². The molecule has 2 heterocycles. The fourth-order valence-electron chi connectivity index (χ4n) is 2.24. The lowest BCUT2D eigenvalue weighted by Gasteiger charge is -2.13. The highest BCUT2D eigenvalue weighted by molar-refractivity contribution is 7.88. The molecule has 5 N–H and O–H groups in total. The molecule has 1 atom stereocenters. The summed E-state index contributed by atoms with van der Waals surface area (Å²) in [5, 5.41) is 6.20. The summed E-state index contributed by atoms with van der Waals surface area (Å²) in [6, 6.07) is 10.1. The van der Waals surface area contributed by atoms with Crippen LogP contribution in [-0.4, -0.2) is 20.4 Å². The number of rotatable bonds is 3. The second kappa shape index (κ2) is 4.71. The Morgan fingerprint density at radius 3 is 2.70 bits per heavy atom. The Labute approximate surface area is 117 Å². The molecule has 0 aromatic heterocycles. The van der Waals surface area contributed by atoms with Gasteiger partial charge in [0.15, 0.2) is 5.84 Å². The maximum atomic E-state index is 11.4. The van der Waals surface area contributed by atoms with Crippen molar-refractivity contribution >= 4 is 16.0 Å². The van der Waals surface area contributed by atoms with E-state index in [1.807, 2.05) is 18.2 Å². The smallest absolute Gasteiger partial charge is 0.345 e. The highest BCUT2D eigenvalue weighted by Crippen LogP contribution is 2.15. The van der Waals surface area contributed by atoms with Crippen LogP contribution in [-0.2, 0) is 16.6 Å². The van der Waals surface area contributed by atoms with Gasteiger partial charge >= 0.3 is 10.2 Å². The molecule has 2 aliphatic rings. The molecule has 0 aliphatic carbocycles. The van der Waals surface area contributed by atoms with E-state index >= 15 is 0 Å². The van der Waals surface area contributed by atoms with Crippen LogP contribution in [0.2, 0.25) is 0 Å². The van der Waals surface area contributed by atoms with Gasteiger partial charge in [0.25, 0.3) is 0 Å². The summed E-state index contributed by atoms with van der Waals surface area (Å²) in [6.07, 6.45) is 1.59. The summed E-state index contributed by atoms with van der Waals surface area (Å²) in [4.78, 5) is 0. The lowest BCUT2D eigenvalue weighted by atomic mass is 10.1. The van der Waals surface area contributed by atoms with E-state index in [4.69, 9.17) is 5.73 Å². The first kappa shape index (κ1) is 12.8. The molecule has 0 saturated carbocycles. The van der Waals surface area contributed by atoms with Crippen molar-refractivity contribution < 1.29 is 8.42 Å². The molecule has 7 nitrogen and oxygen atoms in total. The van der Waals surface area contributed by atoms with Gasteiger partial charge in [-0.05, 0) is 18.4 Å². The van der Waals surface area contributed by atoms with Crippen LogP contribution in [0.15, 0.2) is 46.2 Å². The van der Waals surface area contributed by atoms with Crippen LogP contribution >= 0.6 is 0 Å². The van der Waals surface area contributed by atoms with Crippen molar-refractivity contribution in [2.75, 3.05) is 0 Å². The number of amidine groups is 1. The molecule has 0 radical (unpaired) electrons. The van der Waals surface area contributed by atoms with Gasteiger partial charge in [0, 0.05) is 0 Å². The number of nitrogens with two attached hydrogens (primary N) is 1. The first-order valence-electron chi connectivity index (χ1n) is 6.23. The lowest BCUT2D eigenvalue weighted by Crippen LogP contribution is -2.36. The number of hydrogen-bond acceptors (Lipinski definition) is 5. The second-order valence-corrected chi connectivity index (χ2v) is 6.01. The summed E-state index contributed by atoms with van der Waals surface area (Å²) in [5.41, 5.74) is 7.37. The molecule has 0 fully saturated rings. The minimum atomic E-state index is -3.72. The summed E-state index contributed by atoms with van der Waals surface area (Å²) in [7, 11) is -3.72. The third-order valence-corrected chi connectivity index (χ3v) is 4.06. The van der Waals surface area contributed by atoms with Crippen molar-refractivity contribution in [3.63, 3.8) is 0 Å². The first-order valence-corrected chi connectivity index (χ1v) is 7.67. The Bertz CT molecular complexity index is 681. The topological polar surface area (TPSA) is 109 Å². The standard InChI is InChI=1S/C12H15N5O2S/c13-11-10-12(17-20(18,19)16-11)15-9(14-10)7-6-8-4-2-1-3-5-8/h1-5,9,14-15,17H,6-7H2,(H2,13,16). The zero-order valence-electron chi connectivity index (χ0n) is 10.6. The van der Waals surface area contributed by atoms with Gasteiger partial charge < -0.3 is 16.4 Å². The Balaban J connectivity index is 1.64. The summed E-state index contributed by atoms with van der Waals surface area (Å²) in [5.74, 6) is 0.351. The van der Waals surface area contributed by atoms with E-state index in [0.29, 0.717) is 11.5 Å². The quantitative estimate of drug-likeness (QED) is 0.601. The fourth-order valence-corrected chi connectivity index (χ4v) is 3.05. The van der Waals surface area contributed by atoms with Crippen molar-refractivity contribution in [2.45, 2.75) is 19.0 Å². The van der Waals surface area contributed by atoms with Gasteiger partial charge in [0.05, 0.1) is 6.17 Å². The molecule has 0 bridgehead atoms. The summed E-state index contributed by atoms with van der Waals surface area (Å²) < 4.78 is 28.5. The van der Waals surface area contributed by atoms with E-state index in [1.54, 1.807) is 0 Å². The average Bonchev–Trinajstić information content (AvgIpc) is 2.79. The van der Waals surface area contributed by atoms with Gasteiger partial charge in [-0.1, -0.05) is 30.3 Å². The van der Waals surface area contributed by atoms with Crippen LogP contribution < -0.4 is 21.1 Å². The highest BCUT2D eigenvalue weighted by atomic mass is 32.2. The maximum Gasteiger partial charge on any atom is 0.345 e. The van der Waals surface area contributed by atoms with E-state index in [0.717, 1.165) is 12.8 Å². The van der Waals surface area contributed by atoms with Crippen molar-refractivity contribution in [1.29, 1.82) is 0 Å². The minimum absolute atomic E-state index is 0.0199. The predicted octanol–water partition coefficient (Wildman–Crippen LogP) is -0.488. The molecule has 8 heteroatoms. The third-order valence-electron chi connectivity index (χ3n) is 3.16. The SMILES string of the molecule is NC1=NS(=O)(=O)NC2=C1NC(CCc1ccccc1)N2. The Morgan fingerprint density at radius 1 is 1.20 bits per heavy atom. The van der Waals surface area contributed by atoms with Gasteiger partial charge in [-0.2, -0.15) is 8.42 Å². The fraction of sp³-hybridized carbons (Fsp3) is 0.250. The summed E-state index contributed by atoms with van der Waals surface area (Å²) in [6.45, 7) is 0. The molecule has 0 saturated heterocycles. The molecule has 2 aliphatic heterocycles. The zero-order chi connectivity index (χ0) is 14.2. The molecular formula is C12H15N5O2S. The van der Waals surface area contributed by atoms with E-state index in [9.17, 15) is 8.42 Å². The average molecular weight is 293 g/mol. The predicted molar refractivity (Wildman–Crippen MR) is 75.5 cm³/mol. The van der Waals surface area contributed by atoms with E-state index < -0.39 is 10.2 Å². The van der Waals surface area contributed by atoms with E-state index in [2.05, 4.69) is 31.9 Å². The third kappa shape index (κ3) is 2.55. The summed E-state index contributed by atoms with van der Waals surface area (Å²) >= 11 is 0. The van der Waals surface area contributed by atoms with Crippen LogP contribution in [0.3, 0.4) is 0 Å². The van der Waals surface area contributed by atoms with Crippen LogP contribution in [0.5, 0.6) is 0 Å². The molecule has 3 rings (SSSR count). The van der Waals surface area contributed by atoms with Gasteiger partial charge in [-0.3, -0.25) is 0 Å². The first-order chi connectivity index (χ1) is 9.53. The van der Waals surface area contributed by atoms with Crippen molar-refractivity contribution in [3.05, 3.63) is 47.4 Å². The zero-order valence-corrected chi connectivity index (χ0v) is 11.4. The number of nitrogens with one attached hydrogen (secondary N) is 3. The Hall–Kier alpha value is -2.22. The van der Waals surface area contributed by atoms with Gasteiger partial charge in [-0.25, -0.2) is 4.72 Å². The second-order valence-electron chi connectivity index (χ2n) is 4.67. The lowest BCUT2D eigenvalue weighted by molar-refractivity contribution is 0.511. The van der Waals surface area contributed by atoms with Crippen LogP contribution in [0.4, 0.5) is 0 Å². The van der Waals surface area contributed by atoms with Gasteiger partial charge in [0.2, 0.25) is 0 Å². The highest BCUT2D eigenvalue weighted by Gasteiger charge is 2.31. The van der Waals surface area contributed by atoms with Crippen LogP contribution in [0.1, 0.15) is 12.0 Å². The number of hydrogen-bond donors (Lipinski definition) is 4. The molecular weight excluding hydrogens is 278 g/mol. The maximum absolute atomic E-state index is 11.4. The number of aryl methyl sites for hydroxylation is 1. The molecule has 0 spiro atoms. The van der Waals surface area contributed by atoms with Gasteiger partial charge in [0.1, 0.15) is 11.5 Å². The van der Waals surface area contributed by atoms with E-state index in [1.165, 1.54) is 5.56 Å². The Kier molecular flexibility index (Phi) is 3.01. The van der Waals surface area contributed by atoms with Gasteiger partial charge in [-0.15, -0.1) is 4.40 Å². The van der Waals surface area contributed by atoms with E-state index in [-0.39, 0.29) is 12.0 Å². The largest absolute Gasteiger partial charge is 0.381 e. The minimum Gasteiger partial charge on any atom is -0.381 e.